The molecule has 2 aromatic carbocycles. The highest BCUT2D eigenvalue weighted by Gasteiger charge is 2.28. The number of carbonyl (C=O) groups is 1. The van der Waals surface area contributed by atoms with E-state index in [0.717, 1.165) is 39.8 Å². The minimum Gasteiger partial charge on any atom is -0.493 e. The average molecular weight is 384 g/mol. The summed E-state index contributed by atoms with van der Waals surface area (Å²) in [7, 11) is 1.39. The molecular weight excluding hydrogens is 366 g/mol. The monoisotopic (exact) mass is 383 g/mol. The number of benzene rings is 2. The Morgan fingerprint density at radius 2 is 2.11 bits per heavy atom. The third kappa shape index (κ3) is 3.03. The first-order chi connectivity index (χ1) is 13.0. The third-order valence-electron chi connectivity index (χ3n) is 4.88. The zero-order chi connectivity index (χ0) is 19.1. The Morgan fingerprint density at radius 3 is 2.85 bits per heavy atom. The van der Waals surface area contributed by atoms with Gasteiger partial charge in [-0.25, -0.2) is 4.79 Å². The fraction of sp³-hybridized carbons (Fsp3) is 0.238. The molecule has 6 heteroatoms. The number of carboxylic acids is 1. The van der Waals surface area contributed by atoms with Crippen molar-refractivity contribution in [3.63, 3.8) is 0 Å². The minimum absolute atomic E-state index is 0.540. The number of methoxy groups -OCH3 is 1. The van der Waals surface area contributed by atoms with Gasteiger partial charge in [0.05, 0.1) is 12.1 Å². The minimum atomic E-state index is -1.12. The van der Waals surface area contributed by atoms with Crippen LogP contribution in [0.1, 0.15) is 22.9 Å². The first-order valence-corrected chi connectivity index (χ1v) is 8.99. The van der Waals surface area contributed by atoms with Crippen molar-refractivity contribution >= 4 is 28.5 Å². The Morgan fingerprint density at radius 1 is 1.30 bits per heavy atom. The molecule has 0 amide bonds. The van der Waals surface area contributed by atoms with Crippen molar-refractivity contribution in [1.29, 1.82) is 0 Å². The van der Waals surface area contributed by atoms with Gasteiger partial charge in [0.1, 0.15) is 5.75 Å². The topological polar surface area (TPSA) is 68.7 Å². The van der Waals surface area contributed by atoms with Crippen molar-refractivity contribution in [2.75, 3.05) is 13.7 Å². The van der Waals surface area contributed by atoms with E-state index in [1.54, 1.807) is 13.0 Å². The molecule has 1 aliphatic heterocycles. The molecule has 0 fully saturated rings. The van der Waals surface area contributed by atoms with Gasteiger partial charge in [0, 0.05) is 35.2 Å². The number of halogens is 1. The van der Waals surface area contributed by atoms with Crippen molar-refractivity contribution in [3.8, 4) is 16.9 Å². The van der Waals surface area contributed by atoms with E-state index in [4.69, 9.17) is 21.1 Å². The second-order valence-electron chi connectivity index (χ2n) is 6.52. The van der Waals surface area contributed by atoms with Crippen molar-refractivity contribution in [2.45, 2.75) is 19.4 Å². The van der Waals surface area contributed by atoms with E-state index in [0.29, 0.717) is 22.9 Å². The van der Waals surface area contributed by atoms with E-state index < -0.39 is 12.1 Å². The second kappa shape index (κ2) is 6.83. The quantitative estimate of drug-likeness (QED) is 0.714. The summed E-state index contributed by atoms with van der Waals surface area (Å²) in [4.78, 5) is 16.5. The summed E-state index contributed by atoms with van der Waals surface area (Å²) in [6.07, 6.45) is -0.297. The van der Waals surface area contributed by atoms with Crippen LogP contribution in [0.2, 0.25) is 5.02 Å². The molecule has 0 saturated carbocycles. The van der Waals surface area contributed by atoms with Crippen LogP contribution in [0.5, 0.6) is 5.75 Å². The maximum absolute atomic E-state index is 11.9. The number of fused-ring (bicyclic) bond motifs is 2. The normalized spacial score (nSPS) is 14.0. The van der Waals surface area contributed by atoms with Gasteiger partial charge >= 0.3 is 5.97 Å². The predicted octanol–water partition coefficient (Wildman–Crippen LogP) is 4.57. The number of ether oxygens (including phenoxy) is 2. The third-order valence-corrected chi connectivity index (χ3v) is 5.11. The number of aromatic nitrogens is 1. The fourth-order valence-corrected chi connectivity index (χ4v) is 3.86. The van der Waals surface area contributed by atoms with Crippen molar-refractivity contribution < 1.29 is 19.4 Å². The zero-order valence-electron chi connectivity index (χ0n) is 15.0. The van der Waals surface area contributed by atoms with Crippen LogP contribution < -0.4 is 4.74 Å². The summed E-state index contributed by atoms with van der Waals surface area (Å²) in [6.45, 7) is 2.46. The SMILES string of the molecule is COC(C(=O)O)c1c(C)nc2ccc(Cl)cc2c1-c1ccc2c(c1)CCO2. The highest BCUT2D eigenvalue weighted by Crippen LogP contribution is 2.40. The van der Waals surface area contributed by atoms with Crippen LogP contribution >= 0.6 is 11.6 Å². The second-order valence-corrected chi connectivity index (χ2v) is 6.96. The van der Waals surface area contributed by atoms with Gasteiger partial charge in [-0.15, -0.1) is 0 Å². The van der Waals surface area contributed by atoms with Crippen LogP contribution in [0, 0.1) is 6.92 Å². The molecule has 0 radical (unpaired) electrons. The van der Waals surface area contributed by atoms with Crippen molar-refractivity contribution in [3.05, 3.63) is 58.2 Å². The first-order valence-electron chi connectivity index (χ1n) is 8.61. The number of hydrogen-bond donors (Lipinski definition) is 1. The maximum atomic E-state index is 11.9. The number of hydrogen-bond acceptors (Lipinski definition) is 4. The molecule has 5 nitrogen and oxygen atoms in total. The molecule has 3 aromatic rings. The van der Waals surface area contributed by atoms with Crippen LogP contribution in [0.15, 0.2) is 36.4 Å². The standard InChI is InChI=1S/C21H18ClNO4/c1-11-18(20(26-2)21(24)25)19(15-10-14(22)4-5-16(15)23-11)13-3-6-17-12(9-13)7-8-27-17/h3-6,9-10,20H,7-8H2,1-2H3,(H,24,25). The van der Waals surface area contributed by atoms with Gasteiger partial charge in [-0.1, -0.05) is 17.7 Å². The largest absolute Gasteiger partial charge is 0.493 e. The number of aryl methyl sites for hydroxylation is 1. The van der Waals surface area contributed by atoms with Gasteiger partial charge in [-0.05, 0) is 53.9 Å². The number of nitrogens with zero attached hydrogens (tertiary/aromatic N) is 1. The van der Waals surface area contributed by atoms with Crippen LogP contribution in [0.4, 0.5) is 0 Å². The number of rotatable bonds is 4. The van der Waals surface area contributed by atoms with Crippen LogP contribution in [-0.4, -0.2) is 29.8 Å². The molecule has 2 heterocycles. The highest BCUT2D eigenvalue weighted by molar-refractivity contribution is 6.31. The van der Waals surface area contributed by atoms with Gasteiger partial charge in [-0.3, -0.25) is 4.98 Å². The van der Waals surface area contributed by atoms with E-state index in [-0.39, 0.29) is 0 Å². The Kier molecular flexibility index (Phi) is 4.50. The molecular formula is C21H18ClNO4. The van der Waals surface area contributed by atoms with Gasteiger partial charge in [0.2, 0.25) is 0 Å². The lowest BCUT2D eigenvalue weighted by molar-refractivity contribution is -0.148. The smallest absolute Gasteiger partial charge is 0.337 e. The lowest BCUT2D eigenvalue weighted by atomic mass is 9.90. The lowest BCUT2D eigenvalue weighted by Crippen LogP contribution is -2.17. The number of pyridine rings is 1. The van der Waals surface area contributed by atoms with Gasteiger partial charge in [0.15, 0.2) is 6.10 Å². The van der Waals surface area contributed by atoms with E-state index in [9.17, 15) is 9.90 Å². The molecule has 27 heavy (non-hydrogen) atoms. The van der Waals surface area contributed by atoms with Crippen molar-refractivity contribution in [2.24, 2.45) is 0 Å². The Labute approximate surface area is 161 Å². The molecule has 1 atom stereocenters. The van der Waals surface area contributed by atoms with Crippen LogP contribution in [0.25, 0.3) is 22.0 Å². The lowest BCUT2D eigenvalue weighted by Gasteiger charge is -2.20. The van der Waals surface area contributed by atoms with Crippen molar-refractivity contribution in [1.82, 2.24) is 4.98 Å². The van der Waals surface area contributed by atoms with E-state index >= 15 is 0 Å². The Balaban J connectivity index is 2.09. The fourth-order valence-electron chi connectivity index (χ4n) is 3.69. The van der Waals surface area contributed by atoms with E-state index in [1.807, 2.05) is 24.3 Å². The molecule has 1 N–H and O–H groups in total. The first kappa shape index (κ1) is 17.8. The molecule has 138 valence electrons. The molecule has 1 aromatic heterocycles. The van der Waals surface area contributed by atoms with Crippen LogP contribution in [0.3, 0.4) is 0 Å². The summed E-state index contributed by atoms with van der Waals surface area (Å²) in [6, 6.07) is 11.4. The van der Waals surface area contributed by atoms with Gasteiger partial charge < -0.3 is 14.6 Å². The molecule has 0 aliphatic carbocycles. The molecule has 1 aliphatic rings. The molecule has 1 unspecified atom stereocenters. The summed E-state index contributed by atoms with van der Waals surface area (Å²) >= 11 is 6.24. The molecule has 0 spiro atoms. The Hall–Kier alpha value is -2.63. The average Bonchev–Trinajstić information content (AvgIpc) is 3.10. The Bertz CT molecular complexity index is 1060. The zero-order valence-corrected chi connectivity index (χ0v) is 15.7. The predicted molar refractivity (Wildman–Crippen MR) is 104 cm³/mol. The van der Waals surface area contributed by atoms with E-state index in [1.165, 1.54) is 7.11 Å². The summed E-state index contributed by atoms with van der Waals surface area (Å²) in [5.74, 6) is -0.190. The number of carboxylic acid groups (broad SMARTS) is 1. The summed E-state index contributed by atoms with van der Waals surface area (Å²) in [5, 5.41) is 11.1. The van der Waals surface area contributed by atoms with Gasteiger partial charge in [0.25, 0.3) is 0 Å². The maximum Gasteiger partial charge on any atom is 0.337 e. The summed E-state index contributed by atoms with van der Waals surface area (Å²) < 4.78 is 10.9. The van der Waals surface area contributed by atoms with E-state index in [2.05, 4.69) is 11.1 Å². The summed E-state index contributed by atoms with van der Waals surface area (Å²) in [5.41, 5.74) is 4.70. The number of aliphatic carboxylic acids is 1. The van der Waals surface area contributed by atoms with Crippen LogP contribution in [-0.2, 0) is 16.0 Å². The van der Waals surface area contributed by atoms with Gasteiger partial charge in [-0.2, -0.15) is 0 Å². The highest BCUT2D eigenvalue weighted by atomic mass is 35.5. The molecule has 0 bridgehead atoms. The molecule has 0 saturated heterocycles. The molecule has 4 rings (SSSR count).